The van der Waals surface area contributed by atoms with Crippen LogP contribution >= 0.6 is 27.7 Å². The molecule has 174 valence electrons. The minimum Gasteiger partial charge on any atom is -0.217 e. The van der Waals surface area contributed by atoms with E-state index in [4.69, 9.17) is 0 Å². The van der Waals surface area contributed by atoms with Gasteiger partial charge in [-0.15, -0.1) is 0 Å². The van der Waals surface area contributed by atoms with Crippen molar-refractivity contribution in [3.05, 3.63) is 69.5 Å². The molecule has 1 aliphatic rings. The predicted octanol–water partition coefficient (Wildman–Crippen LogP) is 5.92. The molecule has 0 N–H and O–H groups in total. The van der Waals surface area contributed by atoms with Gasteiger partial charge in [0.05, 0.1) is 0 Å². The number of benzene rings is 2. The van der Waals surface area contributed by atoms with Gasteiger partial charge in [-0.2, -0.15) is 26.3 Å². The van der Waals surface area contributed by atoms with Crippen LogP contribution in [0.5, 0.6) is 0 Å². The Labute approximate surface area is 191 Å². The Morgan fingerprint density at radius 2 is 1.25 bits per heavy atom. The molecule has 0 bridgehead atoms. The van der Waals surface area contributed by atoms with Gasteiger partial charge in [-0.25, -0.2) is 16.8 Å². The fraction of sp³-hybridized carbons (Fsp3) is 0.222. The summed E-state index contributed by atoms with van der Waals surface area (Å²) in [6, 6.07) is 12.5. The van der Waals surface area contributed by atoms with E-state index in [0.717, 1.165) is 0 Å². The molecule has 0 amide bonds. The lowest BCUT2D eigenvalue weighted by Crippen LogP contribution is -2.60. The number of hydrogen-bond acceptors (Lipinski definition) is 5. The molecule has 0 saturated heterocycles. The fourth-order valence-corrected chi connectivity index (χ4v) is 9.21. The van der Waals surface area contributed by atoms with E-state index in [1.54, 1.807) is 0 Å². The second-order valence-electron chi connectivity index (χ2n) is 6.56. The quantitative estimate of drug-likeness (QED) is 0.410. The summed E-state index contributed by atoms with van der Waals surface area (Å²) >= 11 is 3.37. The molecule has 4 nitrogen and oxygen atoms in total. The molecule has 0 aromatic heterocycles. The first-order chi connectivity index (χ1) is 14.6. The highest BCUT2D eigenvalue weighted by Gasteiger charge is 2.77. The Balaban J connectivity index is 2.39. The van der Waals surface area contributed by atoms with Crippen molar-refractivity contribution in [2.75, 3.05) is 0 Å². The number of sulfone groups is 2. The lowest BCUT2D eigenvalue weighted by atomic mass is 9.90. The van der Waals surface area contributed by atoms with Crippen LogP contribution in [0.4, 0.5) is 26.3 Å². The van der Waals surface area contributed by atoms with Gasteiger partial charge in [0.2, 0.25) is 4.08 Å². The molecule has 2 aromatic rings. The van der Waals surface area contributed by atoms with E-state index in [9.17, 15) is 43.2 Å². The number of rotatable bonds is 5. The molecule has 0 atom stereocenters. The van der Waals surface area contributed by atoms with Crippen LogP contribution in [-0.2, 0) is 19.7 Å². The second kappa shape index (κ2) is 8.06. The third-order valence-corrected chi connectivity index (χ3v) is 11.7. The van der Waals surface area contributed by atoms with E-state index in [-0.39, 0.29) is 27.8 Å². The second-order valence-corrected chi connectivity index (χ2v) is 13.1. The summed E-state index contributed by atoms with van der Waals surface area (Å²) in [7, 11) is -13.7. The van der Waals surface area contributed by atoms with Crippen LogP contribution in [0.25, 0.3) is 5.57 Å². The summed E-state index contributed by atoms with van der Waals surface area (Å²) in [5.41, 5.74) is -12.7. The Bertz CT molecular complexity index is 1220. The van der Waals surface area contributed by atoms with Crippen molar-refractivity contribution in [2.24, 2.45) is 0 Å². The number of halogens is 7. The minimum atomic E-state index is -6.86. The van der Waals surface area contributed by atoms with Crippen LogP contribution in [0.1, 0.15) is 12.0 Å². The highest BCUT2D eigenvalue weighted by Crippen LogP contribution is 2.63. The van der Waals surface area contributed by atoms with Gasteiger partial charge in [-0.1, -0.05) is 58.0 Å². The summed E-state index contributed by atoms with van der Waals surface area (Å²) in [5, 5.41) is 0. The van der Waals surface area contributed by atoms with Crippen LogP contribution in [0.2, 0.25) is 0 Å². The minimum absolute atomic E-state index is 0.0657. The Morgan fingerprint density at radius 3 is 1.69 bits per heavy atom. The zero-order valence-electron chi connectivity index (χ0n) is 15.4. The monoisotopic (exact) mass is 580 g/mol. The predicted molar refractivity (Wildman–Crippen MR) is 111 cm³/mol. The maximum absolute atomic E-state index is 13.5. The first-order valence-electron chi connectivity index (χ1n) is 8.40. The van der Waals surface area contributed by atoms with Gasteiger partial charge in [0, 0.05) is 20.7 Å². The summed E-state index contributed by atoms with van der Waals surface area (Å²) in [4.78, 5) is -0.989. The first-order valence-corrected chi connectivity index (χ1v) is 13.0. The smallest absolute Gasteiger partial charge is 0.217 e. The Kier molecular flexibility index (Phi) is 6.33. The molecule has 2 aromatic carbocycles. The fourth-order valence-electron chi connectivity index (χ4n) is 3.10. The van der Waals surface area contributed by atoms with Crippen LogP contribution < -0.4 is 0 Å². The van der Waals surface area contributed by atoms with Gasteiger partial charge in [-0.05, 0) is 35.4 Å². The maximum Gasteiger partial charge on any atom is 0.499 e. The van der Waals surface area contributed by atoms with Crippen LogP contribution in [0.15, 0.2) is 68.9 Å². The SMILES string of the molecule is O=S(=O)(C(F)(F)F)C1(S(=O)(=O)C(F)(F)F)CC(c2ccc(Br)cc2)=C1Sc1ccccc1. The summed E-state index contributed by atoms with van der Waals surface area (Å²) in [6.45, 7) is 0. The highest BCUT2D eigenvalue weighted by molar-refractivity contribution is 9.10. The van der Waals surface area contributed by atoms with Crippen molar-refractivity contribution < 1.29 is 43.2 Å². The van der Waals surface area contributed by atoms with E-state index in [0.29, 0.717) is 4.47 Å². The normalized spacial score (nSPS) is 17.2. The summed E-state index contributed by atoms with van der Waals surface area (Å²) in [6.07, 6.45) is -1.51. The van der Waals surface area contributed by atoms with Crippen molar-refractivity contribution in [3.63, 3.8) is 0 Å². The lowest BCUT2D eigenvalue weighted by Gasteiger charge is -2.44. The molecule has 1 aliphatic carbocycles. The van der Waals surface area contributed by atoms with Gasteiger partial charge >= 0.3 is 11.0 Å². The van der Waals surface area contributed by atoms with Gasteiger partial charge in [-0.3, -0.25) is 0 Å². The average molecular weight is 581 g/mol. The van der Waals surface area contributed by atoms with Crippen LogP contribution in [-0.4, -0.2) is 31.9 Å². The van der Waals surface area contributed by atoms with Crippen molar-refractivity contribution >= 4 is 52.9 Å². The molecule has 3 rings (SSSR count). The van der Waals surface area contributed by atoms with E-state index in [1.807, 2.05) is 0 Å². The van der Waals surface area contributed by atoms with Crippen LogP contribution in [0.3, 0.4) is 0 Å². The van der Waals surface area contributed by atoms with Crippen molar-refractivity contribution in [2.45, 2.75) is 26.4 Å². The molecular weight excluding hydrogens is 570 g/mol. The average Bonchev–Trinajstić information content (AvgIpc) is 2.66. The summed E-state index contributed by atoms with van der Waals surface area (Å²) < 4.78 is 127. The number of alkyl halides is 6. The molecule has 0 spiro atoms. The zero-order chi connectivity index (χ0) is 24.2. The van der Waals surface area contributed by atoms with E-state index in [1.165, 1.54) is 54.6 Å². The topological polar surface area (TPSA) is 68.3 Å². The standard InChI is InChI=1S/C18H11BrF6O4S3/c19-12-8-6-11(7-9-12)14-10-16(31(26,27)17(20,21)22,32(28,29)18(23,24)25)15(14)30-13-4-2-1-3-5-13/h1-9H,10H2. The number of allylic oxidation sites excluding steroid dienone is 1. The molecule has 0 saturated carbocycles. The van der Waals surface area contributed by atoms with Crippen molar-refractivity contribution in [3.8, 4) is 0 Å². The van der Waals surface area contributed by atoms with E-state index in [2.05, 4.69) is 15.9 Å². The molecule has 0 heterocycles. The van der Waals surface area contributed by atoms with E-state index < -0.39 is 46.1 Å². The van der Waals surface area contributed by atoms with Gasteiger partial charge in [0.15, 0.2) is 0 Å². The Morgan fingerprint density at radius 1 is 0.781 bits per heavy atom. The molecule has 14 heteroatoms. The first kappa shape index (κ1) is 25.1. The summed E-state index contributed by atoms with van der Waals surface area (Å²) in [5.74, 6) is 0. The molecule has 0 fully saturated rings. The number of hydrogen-bond donors (Lipinski definition) is 0. The Hall–Kier alpha value is -1.51. The maximum atomic E-state index is 13.5. The zero-order valence-corrected chi connectivity index (χ0v) is 19.4. The molecular formula is C18H11BrF6O4S3. The van der Waals surface area contributed by atoms with Gasteiger partial charge in [0.1, 0.15) is 0 Å². The largest absolute Gasteiger partial charge is 0.499 e. The van der Waals surface area contributed by atoms with E-state index >= 15 is 0 Å². The lowest BCUT2D eigenvalue weighted by molar-refractivity contribution is -0.0486. The third-order valence-electron chi connectivity index (χ3n) is 4.66. The van der Waals surface area contributed by atoms with Crippen molar-refractivity contribution in [1.82, 2.24) is 0 Å². The molecule has 0 radical (unpaired) electrons. The van der Waals surface area contributed by atoms with Gasteiger partial charge < -0.3 is 0 Å². The highest BCUT2D eigenvalue weighted by atomic mass is 79.9. The van der Waals surface area contributed by atoms with Gasteiger partial charge in [0.25, 0.3) is 19.7 Å². The number of thioether (sulfide) groups is 1. The molecule has 0 aliphatic heterocycles. The molecule has 0 unspecified atom stereocenters. The van der Waals surface area contributed by atoms with Crippen LogP contribution in [0, 0.1) is 0 Å². The third kappa shape index (κ3) is 3.78. The van der Waals surface area contributed by atoms with Crippen molar-refractivity contribution in [1.29, 1.82) is 0 Å². The molecule has 32 heavy (non-hydrogen) atoms.